The van der Waals surface area contributed by atoms with Gasteiger partial charge in [-0.05, 0) is 42.1 Å². The highest BCUT2D eigenvalue weighted by Gasteiger charge is 2.10. The number of nitrogens with zero attached hydrogens (tertiary/aromatic N) is 4. The minimum atomic E-state index is -0.0752. The molecule has 8 heteroatoms. The zero-order valence-electron chi connectivity index (χ0n) is 12.0. The van der Waals surface area contributed by atoms with Gasteiger partial charge in [-0.2, -0.15) is 0 Å². The molecule has 0 saturated heterocycles. The molecule has 0 radical (unpaired) electrons. The zero-order valence-corrected chi connectivity index (χ0v) is 12.9. The van der Waals surface area contributed by atoms with Crippen LogP contribution in [-0.4, -0.2) is 45.5 Å². The van der Waals surface area contributed by atoms with Crippen LogP contribution in [0.3, 0.4) is 0 Å². The van der Waals surface area contributed by atoms with Crippen molar-refractivity contribution in [3.05, 3.63) is 29.8 Å². The molecule has 0 aliphatic heterocycles. The Labute approximate surface area is 127 Å². The normalized spacial score (nSPS) is 10.6. The third-order valence-corrected chi connectivity index (χ3v) is 3.66. The lowest BCUT2D eigenvalue weighted by Gasteiger charge is -2.06. The van der Waals surface area contributed by atoms with Crippen molar-refractivity contribution < 1.29 is 4.79 Å². The highest BCUT2D eigenvalue weighted by Crippen LogP contribution is 2.15. The molecule has 0 bridgehead atoms. The quantitative estimate of drug-likeness (QED) is 0.740. The molecule has 0 fully saturated rings. The Balaban J connectivity index is 1.85. The van der Waals surface area contributed by atoms with Gasteiger partial charge >= 0.3 is 0 Å². The van der Waals surface area contributed by atoms with E-state index in [9.17, 15) is 4.79 Å². The molecule has 112 valence electrons. The molecule has 0 unspecified atom stereocenters. The van der Waals surface area contributed by atoms with Gasteiger partial charge in [-0.3, -0.25) is 4.79 Å². The number of aromatic nitrogens is 4. The van der Waals surface area contributed by atoms with Crippen molar-refractivity contribution in [1.29, 1.82) is 0 Å². The summed E-state index contributed by atoms with van der Waals surface area (Å²) in [5, 5.41) is 18.0. The van der Waals surface area contributed by atoms with E-state index in [1.807, 2.05) is 38.2 Å². The average molecular weight is 306 g/mol. The second-order valence-electron chi connectivity index (χ2n) is 4.49. The van der Waals surface area contributed by atoms with E-state index in [0.29, 0.717) is 11.7 Å². The highest BCUT2D eigenvalue weighted by atomic mass is 32.2. The van der Waals surface area contributed by atoms with Crippen molar-refractivity contribution >= 4 is 23.4 Å². The number of anilines is 1. The predicted octanol–water partition coefficient (Wildman–Crippen LogP) is 0.932. The molecular formula is C13H18N6OS. The van der Waals surface area contributed by atoms with Crippen LogP contribution in [-0.2, 0) is 11.3 Å². The summed E-state index contributed by atoms with van der Waals surface area (Å²) in [5.74, 6) is 0.196. The molecule has 2 rings (SSSR count). The summed E-state index contributed by atoms with van der Waals surface area (Å²) in [5.41, 5.74) is 1.91. The first kappa shape index (κ1) is 15.5. The number of carbonyl (C=O) groups excluding carboxylic acids is 1. The van der Waals surface area contributed by atoms with Crippen molar-refractivity contribution in [2.45, 2.75) is 18.6 Å². The van der Waals surface area contributed by atoms with Crippen LogP contribution in [0.15, 0.2) is 29.4 Å². The van der Waals surface area contributed by atoms with E-state index in [0.717, 1.165) is 17.8 Å². The fourth-order valence-corrected chi connectivity index (χ4v) is 2.41. The summed E-state index contributed by atoms with van der Waals surface area (Å²) in [6.07, 6.45) is 0. The average Bonchev–Trinajstić information content (AvgIpc) is 2.90. The zero-order chi connectivity index (χ0) is 15.1. The van der Waals surface area contributed by atoms with Crippen molar-refractivity contribution in [3.8, 4) is 0 Å². The van der Waals surface area contributed by atoms with Crippen LogP contribution in [0.1, 0.15) is 5.56 Å². The van der Waals surface area contributed by atoms with Gasteiger partial charge in [0.15, 0.2) is 0 Å². The minimum Gasteiger partial charge on any atom is -0.325 e. The molecule has 0 spiro atoms. The maximum atomic E-state index is 11.9. The maximum Gasteiger partial charge on any atom is 0.234 e. The minimum absolute atomic E-state index is 0.0752. The summed E-state index contributed by atoms with van der Waals surface area (Å²) in [4.78, 5) is 11.9. The molecule has 7 nitrogen and oxygen atoms in total. The first-order valence-electron chi connectivity index (χ1n) is 6.59. The second-order valence-corrected chi connectivity index (χ2v) is 5.44. The van der Waals surface area contributed by atoms with E-state index in [2.05, 4.69) is 26.2 Å². The van der Waals surface area contributed by atoms with Crippen LogP contribution in [0.5, 0.6) is 0 Å². The first-order valence-corrected chi connectivity index (χ1v) is 7.57. The molecule has 0 saturated carbocycles. The lowest BCUT2D eigenvalue weighted by molar-refractivity contribution is -0.113. The van der Waals surface area contributed by atoms with E-state index >= 15 is 0 Å². The molecular weight excluding hydrogens is 288 g/mol. The standard InChI is InChI=1S/C13H18N6OS/c1-10-4-3-5-11(8-10)15-12(20)9-21-13-16-17-18-19(13)7-6-14-2/h3-5,8,14H,6-7,9H2,1-2H3,(H,15,20). The van der Waals surface area contributed by atoms with E-state index in [1.165, 1.54) is 11.8 Å². The number of aryl methyl sites for hydroxylation is 1. The lowest BCUT2D eigenvalue weighted by Crippen LogP contribution is -2.18. The Morgan fingerprint density at radius 1 is 1.43 bits per heavy atom. The molecule has 2 aromatic rings. The number of benzene rings is 1. The number of carbonyl (C=O) groups is 1. The van der Waals surface area contributed by atoms with Gasteiger partial charge in [0.05, 0.1) is 12.3 Å². The number of tetrazole rings is 1. The summed E-state index contributed by atoms with van der Waals surface area (Å²) >= 11 is 1.32. The van der Waals surface area contributed by atoms with Gasteiger partial charge in [0.2, 0.25) is 11.1 Å². The first-order chi connectivity index (χ1) is 10.2. The van der Waals surface area contributed by atoms with E-state index in [-0.39, 0.29) is 11.7 Å². The molecule has 2 N–H and O–H groups in total. The number of hydrogen-bond donors (Lipinski definition) is 2. The van der Waals surface area contributed by atoms with Crippen molar-refractivity contribution in [2.75, 3.05) is 24.7 Å². The fourth-order valence-electron chi connectivity index (χ4n) is 1.71. The molecule has 1 aromatic heterocycles. The Hall–Kier alpha value is -1.93. The topological polar surface area (TPSA) is 84.7 Å². The Kier molecular flexibility index (Phi) is 5.70. The number of likely N-dealkylation sites (N-methyl/N-ethyl adjacent to an activating group) is 1. The molecule has 1 aromatic carbocycles. The van der Waals surface area contributed by atoms with E-state index in [4.69, 9.17) is 0 Å². The Morgan fingerprint density at radius 3 is 3.05 bits per heavy atom. The van der Waals surface area contributed by atoms with Gasteiger partial charge in [-0.1, -0.05) is 23.9 Å². The third-order valence-electron chi connectivity index (χ3n) is 2.71. The van der Waals surface area contributed by atoms with Gasteiger partial charge in [0.25, 0.3) is 0 Å². The number of rotatable bonds is 7. The summed E-state index contributed by atoms with van der Waals surface area (Å²) < 4.78 is 1.68. The molecule has 0 aliphatic carbocycles. The number of hydrogen-bond acceptors (Lipinski definition) is 6. The number of thioether (sulfide) groups is 1. The molecule has 0 aliphatic rings. The van der Waals surface area contributed by atoms with Crippen LogP contribution < -0.4 is 10.6 Å². The molecule has 1 amide bonds. The Bertz CT molecular complexity index is 600. The van der Waals surface area contributed by atoms with Gasteiger partial charge in [-0.25, -0.2) is 4.68 Å². The molecule has 21 heavy (non-hydrogen) atoms. The fraction of sp³-hybridized carbons (Fsp3) is 0.385. The Morgan fingerprint density at radius 2 is 2.29 bits per heavy atom. The van der Waals surface area contributed by atoms with Crippen molar-refractivity contribution in [1.82, 2.24) is 25.5 Å². The van der Waals surface area contributed by atoms with Gasteiger partial charge in [0.1, 0.15) is 0 Å². The van der Waals surface area contributed by atoms with Crippen LogP contribution in [0.2, 0.25) is 0 Å². The van der Waals surface area contributed by atoms with Crippen LogP contribution >= 0.6 is 11.8 Å². The maximum absolute atomic E-state index is 11.9. The molecule has 1 heterocycles. The molecule has 0 atom stereocenters. The van der Waals surface area contributed by atoms with Crippen LogP contribution in [0, 0.1) is 6.92 Å². The lowest BCUT2D eigenvalue weighted by atomic mass is 10.2. The van der Waals surface area contributed by atoms with Crippen molar-refractivity contribution in [3.63, 3.8) is 0 Å². The summed E-state index contributed by atoms with van der Waals surface area (Å²) in [6.45, 7) is 3.43. The predicted molar refractivity (Wildman–Crippen MR) is 82.3 cm³/mol. The van der Waals surface area contributed by atoms with Gasteiger partial charge in [-0.15, -0.1) is 5.10 Å². The number of amides is 1. The SMILES string of the molecule is CNCCn1nnnc1SCC(=O)Nc1cccc(C)c1. The smallest absolute Gasteiger partial charge is 0.234 e. The highest BCUT2D eigenvalue weighted by molar-refractivity contribution is 7.99. The van der Waals surface area contributed by atoms with Gasteiger partial charge in [0, 0.05) is 12.2 Å². The monoisotopic (exact) mass is 306 g/mol. The third kappa shape index (κ3) is 4.83. The van der Waals surface area contributed by atoms with Crippen LogP contribution in [0.4, 0.5) is 5.69 Å². The van der Waals surface area contributed by atoms with Gasteiger partial charge < -0.3 is 10.6 Å². The van der Waals surface area contributed by atoms with Crippen molar-refractivity contribution in [2.24, 2.45) is 0 Å². The summed E-state index contributed by atoms with van der Waals surface area (Å²) in [6, 6.07) is 7.70. The summed E-state index contributed by atoms with van der Waals surface area (Å²) in [7, 11) is 1.87. The number of nitrogens with one attached hydrogen (secondary N) is 2. The van der Waals surface area contributed by atoms with E-state index in [1.54, 1.807) is 4.68 Å². The van der Waals surface area contributed by atoms with E-state index < -0.39 is 0 Å². The van der Waals surface area contributed by atoms with Crippen LogP contribution in [0.25, 0.3) is 0 Å². The largest absolute Gasteiger partial charge is 0.325 e. The second kappa shape index (κ2) is 7.75.